The lowest BCUT2D eigenvalue weighted by atomic mass is 10.2. The average Bonchev–Trinajstić information content (AvgIpc) is 3.13. The maximum Gasteiger partial charge on any atom is 0.243 e. The van der Waals surface area contributed by atoms with Crippen molar-refractivity contribution in [2.24, 2.45) is 11.0 Å². The SMILES string of the molecule is CN(C)c1ccc(C=NNC(=O)C2CC2)cc1. The molecule has 17 heavy (non-hydrogen) atoms. The van der Waals surface area contributed by atoms with E-state index in [0.29, 0.717) is 0 Å². The highest BCUT2D eigenvalue weighted by molar-refractivity contribution is 5.84. The second-order valence-electron chi connectivity index (χ2n) is 4.49. The van der Waals surface area contributed by atoms with Gasteiger partial charge >= 0.3 is 0 Å². The van der Waals surface area contributed by atoms with Gasteiger partial charge in [-0.3, -0.25) is 4.79 Å². The maximum atomic E-state index is 11.3. The predicted molar refractivity (Wildman–Crippen MR) is 69.2 cm³/mol. The summed E-state index contributed by atoms with van der Waals surface area (Å²) in [5, 5.41) is 3.94. The fourth-order valence-electron chi connectivity index (χ4n) is 1.47. The van der Waals surface area contributed by atoms with Gasteiger partial charge in [0.2, 0.25) is 5.91 Å². The van der Waals surface area contributed by atoms with Gasteiger partial charge < -0.3 is 4.90 Å². The molecule has 1 aromatic rings. The van der Waals surface area contributed by atoms with Gasteiger partial charge in [0.25, 0.3) is 0 Å². The third-order valence-electron chi connectivity index (χ3n) is 2.75. The summed E-state index contributed by atoms with van der Waals surface area (Å²) in [6.07, 6.45) is 3.66. The zero-order valence-corrected chi connectivity index (χ0v) is 10.2. The Labute approximate surface area is 101 Å². The number of hydrogen-bond acceptors (Lipinski definition) is 3. The van der Waals surface area contributed by atoms with Crippen LogP contribution in [0.2, 0.25) is 0 Å². The number of carbonyl (C=O) groups excluding carboxylic acids is 1. The van der Waals surface area contributed by atoms with E-state index >= 15 is 0 Å². The van der Waals surface area contributed by atoms with E-state index < -0.39 is 0 Å². The first kappa shape index (κ1) is 11.6. The van der Waals surface area contributed by atoms with Crippen LogP contribution < -0.4 is 10.3 Å². The summed E-state index contributed by atoms with van der Waals surface area (Å²) in [4.78, 5) is 13.3. The minimum absolute atomic E-state index is 0.0335. The molecule has 0 aliphatic heterocycles. The molecule has 0 unspecified atom stereocenters. The van der Waals surface area contributed by atoms with Gasteiger partial charge in [-0.25, -0.2) is 5.43 Å². The van der Waals surface area contributed by atoms with Crippen molar-refractivity contribution < 1.29 is 4.79 Å². The number of nitrogens with one attached hydrogen (secondary N) is 1. The Morgan fingerprint density at radius 3 is 2.53 bits per heavy atom. The Balaban J connectivity index is 1.89. The molecule has 1 aromatic carbocycles. The highest BCUT2D eigenvalue weighted by Gasteiger charge is 2.29. The van der Waals surface area contributed by atoms with Crippen molar-refractivity contribution in [3.05, 3.63) is 29.8 Å². The quantitative estimate of drug-likeness (QED) is 0.632. The van der Waals surface area contributed by atoms with E-state index in [1.165, 1.54) is 0 Å². The van der Waals surface area contributed by atoms with Crippen LogP contribution in [0.5, 0.6) is 0 Å². The number of amides is 1. The van der Waals surface area contributed by atoms with Crippen LogP contribution in [0.15, 0.2) is 29.4 Å². The Hall–Kier alpha value is -1.84. The first-order valence-corrected chi connectivity index (χ1v) is 5.77. The molecule has 1 aliphatic rings. The Morgan fingerprint density at radius 2 is 2.00 bits per heavy atom. The minimum atomic E-state index is 0.0335. The summed E-state index contributed by atoms with van der Waals surface area (Å²) in [6.45, 7) is 0. The molecule has 1 aliphatic carbocycles. The molecule has 1 saturated carbocycles. The molecule has 1 fully saturated rings. The van der Waals surface area contributed by atoms with Crippen LogP contribution in [0.3, 0.4) is 0 Å². The van der Waals surface area contributed by atoms with Crippen LogP contribution in [0.1, 0.15) is 18.4 Å². The first-order chi connectivity index (χ1) is 8.16. The van der Waals surface area contributed by atoms with Crippen LogP contribution in [-0.4, -0.2) is 26.2 Å². The molecule has 0 aromatic heterocycles. The summed E-state index contributed by atoms with van der Waals surface area (Å²) >= 11 is 0. The van der Waals surface area contributed by atoms with E-state index in [1.54, 1.807) is 6.21 Å². The zero-order valence-electron chi connectivity index (χ0n) is 10.2. The number of hydrazone groups is 1. The monoisotopic (exact) mass is 231 g/mol. The predicted octanol–water partition coefficient (Wildman–Crippen LogP) is 1.61. The van der Waals surface area contributed by atoms with E-state index in [9.17, 15) is 4.79 Å². The highest BCUT2D eigenvalue weighted by Crippen LogP contribution is 2.28. The third-order valence-corrected chi connectivity index (χ3v) is 2.75. The van der Waals surface area contributed by atoms with Gasteiger partial charge in [0.1, 0.15) is 0 Å². The van der Waals surface area contributed by atoms with Crippen molar-refractivity contribution in [1.82, 2.24) is 5.43 Å². The number of rotatable bonds is 4. The van der Waals surface area contributed by atoms with Crippen molar-refractivity contribution in [2.45, 2.75) is 12.8 Å². The van der Waals surface area contributed by atoms with Crippen molar-refractivity contribution in [3.63, 3.8) is 0 Å². The number of nitrogens with zero attached hydrogens (tertiary/aromatic N) is 2. The zero-order chi connectivity index (χ0) is 12.3. The van der Waals surface area contributed by atoms with E-state index in [-0.39, 0.29) is 11.8 Å². The van der Waals surface area contributed by atoms with Gasteiger partial charge in [-0.2, -0.15) is 5.10 Å². The summed E-state index contributed by atoms with van der Waals surface area (Å²) in [5.74, 6) is 0.231. The molecule has 4 nitrogen and oxygen atoms in total. The largest absolute Gasteiger partial charge is 0.378 e. The topological polar surface area (TPSA) is 44.7 Å². The fraction of sp³-hybridized carbons (Fsp3) is 0.385. The van der Waals surface area contributed by atoms with E-state index in [2.05, 4.69) is 10.5 Å². The summed E-state index contributed by atoms with van der Waals surface area (Å²) in [6, 6.07) is 7.98. The van der Waals surface area contributed by atoms with Crippen molar-refractivity contribution in [2.75, 3.05) is 19.0 Å². The summed E-state index contributed by atoms with van der Waals surface area (Å²) < 4.78 is 0. The Kier molecular flexibility index (Phi) is 3.42. The maximum absolute atomic E-state index is 11.3. The van der Waals surface area contributed by atoms with Gasteiger partial charge in [-0.15, -0.1) is 0 Å². The number of anilines is 1. The molecule has 0 atom stereocenters. The highest BCUT2D eigenvalue weighted by atomic mass is 16.2. The minimum Gasteiger partial charge on any atom is -0.378 e. The lowest BCUT2D eigenvalue weighted by Gasteiger charge is -2.11. The summed E-state index contributed by atoms with van der Waals surface area (Å²) in [7, 11) is 4.00. The molecule has 0 spiro atoms. The lowest BCUT2D eigenvalue weighted by Crippen LogP contribution is -2.18. The van der Waals surface area contributed by atoms with Crippen LogP contribution in [0, 0.1) is 5.92 Å². The van der Waals surface area contributed by atoms with Crippen molar-refractivity contribution >= 4 is 17.8 Å². The van der Waals surface area contributed by atoms with E-state index in [4.69, 9.17) is 0 Å². The molecule has 4 heteroatoms. The molecule has 90 valence electrons. The fourth-order valence-corrected chi connectivity index (χ4v) is 1.47. The number of benzene rings is 1. The van der Waals surface area contributed by atoms with Crippen molar-refractivity contribution in [1.29, 1.82) is 0 Å². The molecular formula is C13H17N3O. The second kappa shape index (κ2) is 4.99. The van der Waals surface area contributed by atoms with Gasteiger partial charge in [0, 0.05) is 25.7 Å². The first-order valence-electron chi connectivity index (χ1n) is 5.77. The normalized spacial score (nSPS) is 14.9. The molecule has 1 amide bonds. The Morgan fingerprint density at radius 1 is 1.35 bits per heavy atom. The Bertz CT molecular complexity index is 419. The lowest BCUT2D eigenvalue weighted by molar-refractivity contribution is -0.122. The van der Waals surface area contributed by atoms with E-state index in [0.717, 1.165) is 24.1 Å². The van der Waals surface area contributed by atoms with Gasteiger partial charge in [0.05, 0.1) is 6.21 Å². The second-order valence-corrected chi connectivity index (χ2v) is 4.49. The van der Waals surface area contributed by atoms with E-state index in [1.807, 2.05) is 43.3 Å². The van der Waals surface area contributed by atoms with Crippen LogP contribution >= 0.6 is 0 Å². The average molecular weight is 231 g/mol. The molecule has 2 rings (SSSR count). The molecule has 0 saturated heterocycles. The number of hydrogen-bond donors (Lipinski definition) is 1. The number of carbonyl (C=O) groups is 1. The molecule has 0 bridgehead atoms. The van der Waals surface area contributed by atoms with Crippen LogP contribution in [0.4, 0.5) is 5.69 Å². The molecule has 0 heterocycles. The van der Waals surface area contributed by atoms with Gasteiger partial charge in [-0.05, 0) is 30.5 Å². The van der Waals surface area contributed by atoms with Gasteiger partial charge in [-0.1, -0.05) is 12.1 Å². The summed E-state index contributed by atoms with van der Waals surface area (Å²) in [5.41, 5.74) is 4.67. The third kappa shape index (κ3) is 3.31. The smallest absolute Gasteiger partial charge is 0.243 e. The van der Waals surface area contributed by atoms with Crippen molar-refractivity contribution in [3.8, 4) is 0 Å². The molecular weight excluding hydrogens is 214 g/mol. The van der Waals surface area contributed by atoms with Crippen LogP contribution in [0.25, 0.3) is 0 Å². The van der Waals surface area contributed by atoms with Gasteiger partial charge in [0.15, 0.2) is 0 Å². The molecule has 1 N–H and O–H groups in total. The standard InChI is InChI=1S/C13H17N3O/c1-16(2)12-7-3-10(4-8-12)9-14-15-13(17)11-5-6-11/h3-4,7-9,11H,5-6H2,1-2H3,(H,15,17). The van der Waals surface area contributed by atoms with Crippen LogP contribution in [-0.2, 0) is 4.79 Å². The molecule has 0 radical (unpaired) electrons.